The first-order valence-corrected chi connectivity index (χ1v) is 7.63. The molecule has 2 unspecified atom stereocenters. The number of ether oxygens (including phenoxy) is 1. The molecule has 3 rings (SSSR count). The molecule has 2 N–H and O–H groups in total. The highest BCUT2D eigenvalue weighted by molar-refractivity contribution is 5.61. The molecule has 4 heteroatoms. The smallest absolute Gasteiger partial charge is 0.143 e. The average molecular weight is 298 g/mol. The van der Waals surface area contributed by atoms with Crippen molar-refractivity contribution >= 4 is 5.69 Å². The van der Waals surface area contributed by atoms with Gasteiger partial charge in [-0.1, -0.05) is 42.5 Å². The lowest BCUT2D eigenvalue weighted by Gasteiger charge is -2.42. The zero-order chi connectivity index (χ0) is 15.5. The van der Waals surface area contributed by atoms with Crippen molar-refractivity contribution in [1.29, 1.82) is 0 Å². The van der Waals surface area contributed by atoms with Gasteiger partial charge in [-0.3, -0.25) is 5.32 Å². The van der Waals surface area contributed by atoms with Crippen LogP contribution in [0.15, 0.2) is 54.6 Å². The number of aliphatic hydroxyl groups excluding tert-OH is 1. The van der Waals surface area contributed by atoms with E-state index in [2.05, 4.69) is 22.3 Å². The zero-order valence-corrected chi connectivity index (χ0v) is 12.9. The molecule has 3 atom stereocenters. The number of nitrogens with zero attached hydrogens (tertiary/aromatic N) is 1. The second kappa shape index (κ2) is 6.38. The van der Waals surface area contributed by atoms with Crippen molar-refractivity contribution in [3.63, 3.8) is 0 Å². The standard InChI is InChI=1S/C18H22N2O2/c1-13(21)18(19-2)20-12-17(14-8-4-3-5-9-14)22-16-11-7-6-10-15(16)20/h3-11,13,17-19,21H,12H2,1-2H3/t13?,17-,18?/m1/s1. The van der Waals surface area contributed by atoms with Gasteiger partial charge in [0.05, 0.1) is 18.3 Å². The minimum absolute atomic E-state index is 0.0503. The Hall–Kier alpha value is -2.04. The molecule has 0 saturated heterocycles. The van der Waals surface area contributed by atoms with E-state index in [-0.39, 0.29) is 12.3 Å². The molecule has 1 aliphatic rings. The summed E-state index contributed by atoms with van der Waals surface area (Å²) in [6, 6.07) is 18.2. The second-order valence-corrected chi connectivity index (χ2v) is 5.61. The van der Waals surface area contributed by atoms with E-state index in [4.69, 9.17) is 4.74 Å². The highest BCUT2D eigenvalue weighted by Crippen LogP contribution is 2.38. The number of likely N-dealkylation sites (N-methyl/N-ethyl adjacent to an activating group) is 1. The summed E-state index contributed by atoms with van der Waals surface area (Å²) in [6.45, 7) is 2.49. The van der Waals surface area contributed by atoms with Crippen molar-refractivity contribution in [2.45, 2.75) is 25.3 Å². The average Bonchev–Trinajstić information content (AvgIpc) is 2.56. The highest BCUT2D eigenvalue weighted by Gasteiger charge is 2.32. The van der Waals surface area contributed by atoms with E-state index in [1.54, 1.807) is 6.92 Å². The Labute approximate surface area is 131 Å². The number of aliphatic hydroxyl groups is 1. The van der Waals surface area contributed by atoms with Crippen LogP contribution in [0.5, 0.6) is 5.75 Å². The molecule has 0 fully saturated rings. The largest absolute Gasteiger partial charge is 0.482 e. The minimum atomic E-state index is -0.493. The van der Waals surface area contributed by atoms with E-state index < -0.39 is 6.10 Å². The summed E-state index contributed by atoms with van der Waals surface area (Å²) < 4.78 is 6.17. The third-order valence-corrected chi connectivity index (χ3v) is 4.07. The molecule has 116 valence electrons. The van der Waals surface area contributed by atoms with Crippen molar-refractivity contribution < 1.29 is 9.84 Å². The fourth-order valence-electron chi connectivity index (χ4n) is 3.02. The van der Waals surface area contributed by atoms with Gasteiger partial charge in [-0.15, -0.1) is 0 Å². The predicted octanol–water partition coefficient (Wildman–Crippen LogP) is 2.55. The molecule has 0 spiro atoms. The van der Waals surface area contributed by atoms with Crippen molar-refractivity contribution in [3.8, 4) is 5.75 Å². The fourth-order valence-corrected chi connectivity index (χ4v) is 3.02. The lowest BCUT2D eigenvalue weighted by molar-refractivity contribution is 0.127. The summed E-state index contributed by atoms with van der Waals surface area (Å²) in [6.07, 6.45) is -0.699. The van der Waals surface area contributed by atoms with Crippen LogP contribution in [0.2, 0.25) is 0 Å². The zero-order valence-electron chi connectivity index (χ0n) is 12.9. The maximum Gasteiger partial charge on any atom is 0.143 e. The Morgan fingerprint density at radius 2 is 1.82 bits per heavy atom. The third kappa shape index (κ3) is 2.80. The number of hydrogen-bond acceptors (Lipinski definition) is 4. The van der Waals surface area contributed by atoms with Gasteiger partial charge >= 0.3 is 0 Å². The van der Waals surface area contributed by atoms with Gasteiger partial charge in [-0.2, -0.15) is 0 Å². The maximum absolute atomic E-state index is 10.1. The molecule has 2 aromatic carbocycles. The molecule has 0 aliphatic carbocycles. The van der Waals surface area contributed by atoms with Crippen LogP contribution in [-0.2, 0) is 0 Å². The molecule has 1 heterocycles. The van der Waals surface area contributed by atoms with Gasteiger partial charge in [0.2, 0.25) is 0 Å². The summed E-state index contributed by atoms with van der Waals surface area (Å²) in [5, 5.41) is 13.3. The summed E-state index contributed by atoms with van der Waals surface area (Å²) in [4.78, 5) is 2.18. The van der Waals surface area contributed by atoms with Gasteiger partial charge in [-0.05, 0) is 31.7 Å². The van der Waals surface area contributed by atoms with Gasteiger partial charge in [0, 0.05) is 0 Å². The Kier molecular flexibility index (Phi) is 4.32. The Bertz CT molecular complexity index is 615. The molecule has 1 aliphatic heterocycles. The van der Waals surface area contributed by atoms with Crippen molar-refractivity contribution in [2.24, 2.45) is 0 Å². The van der Waals surface area contributed by atoms with Crippen molar-refractivity contribution in [3.05, 3.63) is 60.2 Å². The van der Waals surface area contributed by atoms with Crippen LogP contribution in [-0.4, -0.2) is 31.0 Å². The van der Waals surface area contributed by atoms with E-state index in [1.165, 1.54) is 0 Å². The van der Waals surface area contributed by atoms with E-state index in [9.17, 15) is 5.11 Å². The lowest BCUT2D eigenvalue weighted by atomic mass is 10.0. The number of hydrogen-bond donors (Lipinski definition) is 2. The van der Waals surface area contributed by atoms with Gasteiger partial charge in [-0.25, -0.2) is 0 Å². The molecular weight excluding hydrogens is 276 g/mol. The number of nitrogens with one attached hydrogen (secondary N) is 1. The topological polar surface area (TPSA) is 44.7 Å². The maximum atomic E-state index is 10.1. The summed E-state index contributed by atoms with van der Waals surface area (Å²) >= 11 is 0. The predicted molar refractivity (Wildman–Crippen MR) is 88.1 cm³/mol. The van der Waals surface area contributed by atoms with Crippen LogP contribution in [0.1, 0.15) is 18.6 Å². The molecule has 4 nitrogen and oxygen atoms in total. The van der Waals surface area contributed by atoms with Crippen LogP contribution >= 0.6 is 0 Å². The number of rotatable bonds is 4. The quantitative estimate of drug-likeness (QED) is 0.910. The molecule has 22 heavy (non-hydrogen) atoms. The lowest BCUT2D eigenvalue weighted by Crippen LogP contribution is -2.54. The first-order chi connectivity index (χ1) is 10.7. The van der Waals surface area contributed by atoms with Crippen LogP contribution < -0.4 is 15.0 Å². The van der Waals surface area contributed by atoms with Crippen molar-refractivity contribution in [1.82, 2.24) is 5.32 Å². The molecule has 0 bridgehead atoms. The highest BCUT2D eigenvalue weighted by atomic mass is 16.5. The van der Waals surface area contributed by atoms with E-state index >= 15 is 0 Å². The number of para-hydroxylation sites is 2. The Balaban J connectivity index is 1.98. The summed E-state index contributed by atoms with van der Waals surface area (Å²) in [5.74, 6) is 0.850. The Morgan fingerprint density at radius 1 is 1.14 bits per heavy atom. The van der Waals surface area contributed by atoms with Crippen LogP contribution in [0.3, 0.4) is 0 Å². The number of fused-ring (bicyclic) bond motifs is 1. The number of anilines is 1. The summed E-state index contributed by atoms with van der Waals surface area (Å²) in [5.41, 5.74) is 2.15. The van der Waals surface area contributed by atoms with Gasteiger partial charge in [0.25, 0.3) is 0 Å². The van der Waals surface area contributed by atoms with E-state index in [0.717, 1.165) is 17.0 Å². The van der Waals surface area contributed by atoms with Gasteiger partial charge in [0.15, 0.2) is 0 Å². The minimum Gasteiger partial charge on any atom is -0.482 e. The fraction of sp³-hybridized carbons (Fsp3) is 0.333. The molecule has 0 saturated carbocycles. The Morgan fingerprint density at radius 3 is 2.50 bits per heavy atom. The monoisotopic (exact) mass is 298 g/mol. The summed E-state index contributed by atoms with van der Waals surface area (Å²) in [7, 11) is 1.87. The molecule has 0 aromatic heterocycles. The molecular formula is C18H22N2O2. The second-order valence-electron chi connectivity index (χ2n) is 5.61. The number of benzene rings is 2. The molecule has 2 aromatic rings. The normalized spacial score (nSPS) is 20.0. The van der Waals surface area contributed by atoms with Gasteiger partial charge < -0.3 is 14.7 Å². The molecule has 0 radical (unpaired) electrons. The molecule has 0 amide bonds. The first-order valence-electron chi connectivity index (χ1n) is 7.63. The van der Waals surface area contributed by atoms with E-state index in [1.807, 2.05) is 49.5 Å². The SMILES string of the molecule is CNC(C(C)O)N1C[C@H](c2ccccc2)Oc2ccccc21. The van der Waals surface area contributed by atoms with Crippen LogP contribution in [0, 0.1) is 0 Å². The van der Waals surface area contributed by atoms with Crippen molar-refractivity contribution in [2.75, 3.05) is 18.5 Å². The first kappa shape index (κ1) is 14.9. The van der Waals surface area contributed by atoms with E-state index in [0.29, 0.717) is 6.54 Å². The van der Waals surface area contributed by atoms with Gasteiger partial charge in [0.1, 0.15) is 18.0 Å². The van der Waals surface area contributed by atoms with Crippen LogP contribution in [0.4, 0.5) is 5.69 Å². The van der Waals surface area contributed by atoms with Crippen LogP contribution in [0.25, 0.3) is 0 Å². The third-order valence-electron chi connectivity index (χ3n) is 4.07.